The van der Waals surface area contributed by atoms with Crippen LogP contribution in [0.3, 0.4) is 0 Å². The number of piperidine rings is 1. The van der Waals surface area contributed by atoms with Gasteiger partial charge in [0.1, 0.15) is 11.5 Å². The van der Waals surface area contributed by atoms with E-state index in [1.165, 1.54) is 19.3 Å². The van der Waals surface area contributed by atoms with E-state index in [-0.39, 0.29) is 12.1 Å². The molecule has 2 saturated heterocycles. The number of hydrogen-bond acceptors (Lipinski definition) is 4. The molecule has 2 aliphatic heterocycles. The van der Waals surface area contributed by atoms with Crippen LogP contribution in [0.5, 0.6) is 11.5 Å². The number of anilines is 2. The Labute approximate surface area is 178 Å². The molecular formula is C24H31N3O3. The predicted molar refractivity (Wildman–Crippen MR) is 120 cm³/mol. The highest BCUT2D eigenvalue weighted by molar-refractivity contribution is 5.93. The Morgan fingerprint density at radius 1 is 0.967 bits per heavy atom. The number of methoxy groups -OCH3 is 2. The van der Waals surface area contributed by atoms with Gasteiger partial charge in [-0.05, 0) is 56.4 Å². The van der Waals surface area contributed by atoms with Crippen LogP contribution in [0.15, 0.2) is 42.5 Å². The van der Waals surface area contributed by atoms with Crippen molar-refractivity contribution in [2.45, 2.75) is 38.1 Å². The number of hydrogen-bond donors (Lipinski definition) is 1. The smallest absolute Gasteiger partial charge is 0.322 e. The van der Waals surface area contributed by atoms with Gasteiger partial charge in [-0.3, -0.25) is 0 Å². The van der Waals surface area contributed by atoms with Crippen LogP contribution in [0.4, 0.5) is 16.2 Å². The quantitative estimate of drug-likeness (QED) is 0.750. The van der Waals surface area contributed by atoms with Crippen molar-refractivity contribution in [3.8, 4) is 11.5 Å². The zero-order valence-corrected chi connectivity index (χ0v) is 17.9. The summed E-state index contributed by atoms with van der Waals surface area (Å²) in [6.07, 6.45) is 5.58. The van der Waals surface area contributed by atoms with Crippen LogP contribution in [0.25, 0.3) is 0 Å². The fraction of sp³-hybridized carbons (Fsp3) is 0.458. The van der Waals surface area contributed by atoms with Crippen LogP contribution in [-0.4, -0.2) is 44.8 Å². The molecule has 0 aromatic heterocycles. The zero-order chi connectivity index (χ0) is 20.9. The third kappa shape index (κ3) is 4.18. The van der Waals surface area contributed by atoms with Gasteiger partial charge in [-0.2, -0.15) is 0 Å². The Morgan fingerprint density at radius 2 is 1.77 bits per heavy atom. The van der Waals surface area contributed by atoms with Gasteiger partial charge in [0.05, 0.1) is 31.6 Å². The third-order valence-corrected chi connectivity index (χ3v) is 6.16. The zero-order valence-electron chi connectivity index (χ0n) is 17.9. The van der Waals surface area contributed by atoms with E-state index in [2.05, 4.69) is 16.3 Å². The highest BCUT2D eigenvalue weighted by Crippen LogP contribution is 2.39. The Bertz CT molecular complexity index is 880. The van der Waals surface area contributed by atoms with E-state index in [1.54, 1.807) is 14.2 Å². The van der Waals surface area contributed by atoms with E-state index in [1.807, 2.05) is 41.3 Å². The molecule has 1 N–H and O–H groups in total. The molecule has 0 aliphatic carbocycles. The Kier molecular flexibility index (Phi) is 6.31. The molecule has 2 heterocycles. The number of ether oxygens (including phenoxy) is 2. The minimum absolute atomic E-state index is 0.00648. The molecule has 0 bridgehead atoms. The van der Waals surface area contributed by atoms with Gasteiger partial charge in [-0.1, -0.05) is 12.1 Å². The molecule has 2 fully saturated rings. The Balaban J connectivity index is 1.54. The van der Waals surface area contributed by atoms with Crippen molar-refractivity contribution in [2.75, 3.05) is 44.1 Å². The number of para-hydroxylation sites is 2. The molecule has 6 nitrogen and oxygen atoms in total. The van der Waals surface area contributed by atoms with E-state index in [9.17, 15) is 4.79 Å². The van der Waals surface area contributed by atoms with Crippen molar-refractivity contribution in [1.82, 2.24) is 4.90 Å². The molecule has 6 heteroatoms. The van der Waals surface area contributed by atoms with Crippen LogP contribution in [0.1, 0.15) is 43.7 Å². The number of nitrogens with zero attached hydrogens (tertiary/aromatic N) is 2. The van der Waals surface area contributed by atoms with Crippen LogP contribution in [-0.2, 0) is 0 Å². The average Bonchev–Trinajstić information content (AvgIpc) is 3.29. The van der Waals surface area contributed by atoms with E-state index in [4.69, 9.17) is 9.47 Å². The first kappa shape index (κ1) is 20.4. The lowest BCUT2D eigenvalue weighted by Gasteiger charge is -2.31. The Hall–Kier alpha value is -2.89. The van der Waals surface area contributed by atoms with E-state index in [0.29, 0.717) is 0 Å². The van der Waals surface area contributed by atoms with Gasteiger partial charge in [0.2, 0.25) is 0 Å². The molecule has 160 valence electrons. The molecule has 2 aliphatic rings. The van der Waals surface area contributed by atoms with Crippen molar-refractivity contribution in [3.05, 3.63) is 48.0 Å². The number of nitrogens with one attached hydrogen (secondary N) is 1. The van der Waals surface area contributed by atoms with Crippen molar-refractivity contribution < 1.29 is 14.3 Å². The monoisotopic (exact) mass is 409 g/mol. The standard InChI is InChI=1S/C24H31N3O3/c1-29-18-12-13-19(23(17-18)30-2)21-11-8-16-27(21)24(28)25-20-9-4-5-10-22(20)26-14-6-3-7-15-26/h4-5,9-10,12-13,17,21H,3,6-8,11,14-16H2,1-2H3,(H,25,28). The van der Waals surface area contributed by atoms with Gasteiger partial charge in [-0.25, -0.2) is 4.79 Å². The molecule has 2 aromatic carbocycles. The summed E-state index contributed by atoms with van der Waals surface area (Å²) in [7, 11) is 3.30. The average molecular weight is 410 g/mol. The van der Waals surface area contributed by atoms with Gasteiger partial charge in [0, 0.05) is 31.3 Å². The maximum Gasteiger partial charge on any atom is 0.322 e. The van der Waals surface area contributed by atoms with Gasteiger partial charge < -0.3 is 24.6 Å². The molecule has 1 unspecified atom stereocenters. The minimum Gasteiger partial charge on any atom is -0.497 e. The highest BCUT2D eigenvalue weighted by Gasteiger charge is 2.32. The molecule has 2 amide bonds. The number of amides is 2. The molecule has 4 rings (SSSR count). The number of carbonyl (C=O) groups excluding carboxylic acids is 1. The first-order valence-corrected chi connectivity index (χ1v) is 10.8. The van der Waals surface area contributed by atoms with E-state index in [0.717, 1.165) is 60.9 Å². The lowest BCUT2D eigenvalue weighted by atomic mass is 10.0. The van der Waals surface area contributed by atoms with Crippen LogP contribution in [0.2, 0.25) is 0 Å². The first-order valence-electron chi connectivity index (χ1n) is 10.8. The lowest BCUT2D eigenvalue weighted by molar-refractivity contribution is 0.206. The lowest BCUT2D eigenvalue weighted by Crippen LogP contribution is -2.36. The molecule has 1 atom stereocenters. The van der Waals surface area contributed by atoms with Gasteiger partial charge in [0.15, 0.2) is 0 Å². The summed E-state index contributed by atoms with van der Waals surface area (Å²) in [6.45, 7) is 2.82. The summed E-state index contributed by atoms with van der Waals surface area (Å²) in [6, 6.07) is 13.9. The molecule has 0 radical (unpaired) electrons. The maximum absolute atomic E-state index is 13.3. The van der Waals surface area contributed by atoms with Crippen molar-refractivity contribution in [3.63, 3.8) is 0 Å². The highest BCUT2D eigenvalue weighted by atomic mass is 16.5. The number of rotatable bonds is 5. The molecular weight excluding hydrogens is 378 g/mol. The second-order valence-corrected chi connectivity index (χ2v) is 7.95. The second-order valence-electron chi connectivity index (χ2n) is 7.95. The van der Waals surface area contributed by atoms with Crippen molar-refractivity contribution in [1.29, 1.82) is 0 Å². The fourth-order valence-corrected chi connectivity index (χ4v) is 4.60. The van der Waals surface area contributed by atoms with Crippen LogP contribution >= 0.6 is 0 Å². The molecule has 2 aromatic rings. The summed E-state index contributed by atoms with van der Waals surface area (Å²) in [5, 5.41) is 3.19. The third-order valence-electron chi connectivity index (χ3n) is 6.16. The molecule has 0 saturated carbocycles. The van der Waals surface area contributed by atoms with Crippen molar-refractivity contribution in [2.24, 2.45) is 0 Å². The predicted octanol–water partition coefficient (Wildman–Crippen LogP) is 5.06. The van der Waals surface area contributed by atoms with Gasteiger partial charge in [0.25, 0.3) is 0 Å². The van der Waals surface area contributed by atoms with Crippen LogP contribution < -0.4 is 19.7 Å². The number of carbonyl (C=O) groups is 1. The minimum atomic E-state index is -0.0557. The largest absolute Gasteiger partial charge is 0.497 e. The van der Waals surface area contributed by atoms with Crippen molar-refractivity contribution >= 4 is 17.4 Å². The summed E-state index contributed by atoms with van der Waals surface area (Å²) in [5.41, 5.74) is 3.02. The Morgan fingerprint density at radius 3 is 2.53 bits per heavy atom. The van der Waals surface area contributed by atoms with Gasteiger partial charge >= 0.3 is 6.03 Å². The summed E-state index contributed by atoms with van der Waals surface area (Å²) in [5.74, 6) is 1.51. The van der Waals surface area contributed by atoms with E-state index >= 15 is 0 Å². The summed E-state index contributed by atoms with van der Waals surface area (Å²) < 4.78 is 10.9. The van der Waals surface area contributed by atoms with Gasteiger partial charge in [-0.15, -0.1) is 0 Å². The first-order chi connectivity index (χ1) is 14.7. The molecule has 0 spiro atoms. The fourth-order valence-electron chi connectivity index (χ4n) is 4.60. The second kappa shape index (κ2) is 9.28. The summed E-state index contributed by atoms with van der Waals surface area (Å²) >= 11 is 0. The maximum atomic E-state index is 13.3. The summed E-state index contributed by atoms with van der Waals surface area (Å²) in [4.78, 5) is 17.6. The SMILES string of the molecule is COc1ccc(C2CCCN2C(=O)Nc2ccccc2N2CCCCC2)c(OC)c1. The number of benzene rings is 2. The number of urea groups is 1. The number of likely N-dealkylation sites (tertiary alicyclic amines) is 1. The van der Waals surface area contributed by atoms with Crippen LogP contribution in [0, 0.1) is 0 Å². The normalized spacial score (nSPS) is 18.9. The topological polar surface area (TPSA) is 54.0 Å². The molecule has 30 heavy (non-hydrogen) atoms. The van der Waals surface area contributed by atoms with E-state index < -0.39 is 0 Å².